The average Bonchev–Trinajstić information content (AvgIpc) is 3.39. The van der Waals surface area contributed by atoms with Gasteiger partial charge >= 0.3 is 0 Å². The zero-order valence-electron chi connectivity index (χ0n) is 28.7. The highest BCUT2D eigenvalue weighted by atomic mass is 16.5. The first-order chi connectivity index (χ1) is 21.6. The number of benzene rings is 1. The second-order valence-corrected chi connectivity index (χ2v) is 10.2. The van der Waals surface area contributed by atoms with Crippen LogP contribution in [0.25, 0.3) is 22.3 Å². The predicted molar refractivity (Wildman–Crippen MR) is 183 cm³/mol. The van der Waals surface area contributed by atoms with Crippen LogP contribution in [0.5, 0.6) is 0 Å². The number of aldehydes is 1. The molecular formula is C34H53N5O6. The van der Waals surface area contributed by atoms with Crippen molar-refractivity contribution < 1.29 is 24.2 Å². The number of rotatable bonds is 11. The summed E-state index contributed by atoms with van der Waals surface area (Å²) in [6.07, 6.45) is 0.361. The Bertz CT molecular complexity index is 1400. The Morgan fingerprint density at radius 1 is 1.09 bits per heavy atom. The number of fused-ring (bicyclic) bond motifs is 4. The van der Waals surface area contributed by atoms with Gasteiger partial charge in [-0.3, -0.25) is 9.59 Å². The van der Waals surface area contributed by atoms with Gasteiger partial charge in [0.2, 0.25) is 0 Å². The first kappa shape index (κ1) is 41.1. The van der Waals surface area contributed by atoms with Crippen LogP contribution in [0.1, 0.15) is 70.7 Å². The number of aryl methyl sites for hydroxylation is 1. The average molecular weight is 628 g/mol. The highest BCUT2D eigenvalue weighted by Crippen LogP contribution is 2.35. The Hall–Kier alpha value is -3.93. The summed E-state index contributed by atoms with van der Waals surface area (Å²) in [4.78, 5) is 47.7. The van der Waals surface area contributed by atoms with E-state index in [4.69, 9.17) is 19.3 Å². The van der Waals surface area contributed by atoms with E-state index in [1.165, 1.54) is 6.92 Å². The van der Waals surface area contributed by atoms with E-state index < -0.39 is 0 Å². The molecule has 1 aliphatic heterocycles. The summed E-state index contributed by atoms with van der Waals surface area (Å²) in [7, 11) is 4.08. The maximum absolute atomic E-state index is 13.2. The van der Waals surface area contributed by atoms with Crippen LogP contribution in [-0.4, -0.2) is 78.4 Å². The Morgan fingerprint density at radius 3 is 2.27 bits per heavy atom. The quantitative estimate of drug-likeness (QED) is 0.206. The van der Waals surface area contributed by atoms with E-state index in [2.05, 4.69) is 34.6 Å². The highest BCUT2D eigenvalue weighted by molar-refractivity contribution is 5.90. The van der Waals surface area contributed by atoms with Gasteiger partial charge in [-0.05, 0) is 77.2 Å². The molecule has 3 N–H and O–H groups in total. The molecule has 4 rings (SSSR count). The fourth-order valence-electron chi connectivity index (χ4n) is 4.67. The van der Waals surface area contributed by atoms with Crippen LogP contribution in [0.15, 0.2) is 29.1 Å². The van der Waals surface area contributed by atoms with E-state index >= 15 is 0 Å². The van der Waals surface area contributed by atoms with Crippen molar-refractivity contribution in [2.75, 3.05) is 32.5 Å². The van der Waals surface area contributed by atoms with Gasteiger partial charge in [0, 0.05) is 42.3 Å². The lowest BCUT2D eigenvalue weighted by Gasteiger charge is -2.21. The van der Waals surface area contributed by atoms with E-state index in [-0.39, 0.29) is 24.3 Å². The van der Waals surface area contributed by atoms with Crippen molar-refractivity contribution in [2.24, 2.45) is 0 Å². The topological polar surface area (TPSA) is 143 Å². The molecule has 0 spiro atoms. The fourth-order valence-corrected chi connectivity index (χ4v) is 4.67. The van der Waals surface area contributed by atoms with Gasteiger partial charge in [0.15, 0.2) is 0 Å². The summed E-state index contributed by atoms with van der Waals surface area (Å²) >= 11 is 0. The van der Waals surface area contributed by atoms with Gasteiger partial charge in [-0.25, -0.2) is 4.98 Å². The van der Waals surface area contributed by atoms with Crippen LogP contribution in [0.3, 0.4) is 0 Å². The summed E-state index contributed by atoms with van der Waals surface area (Å²) in [5, 5.41) is 17.5. The highest BCUT2D eigenvalue weighted by Gasteiger charge is 2.25. The van der Waals surface area contributed by atoms with Crippen LogP contribution >= 0.6 is 0 Å². The first-order valence-electron chi connectivity index (χ1n) is 15.3. The van der Waals surface area contributed by atoms with Gasteiger partial charge in [0.1, 0.15) is 19.7 Å². The Kier molecular flexibility index (Phi) is 19.8. The number of nitrogens with zero attached hydrogens (tertiary/aromatic N) is 3. The SMILES string of the molecule is C=O.CC.CC.CC=O.Cc1cc2n(c(=O)c1COC=O)Cc1cc3c(CN(C)C)c(NCC(C)NC[C@@H](C)O)ccc3nc1-2. The standard InChI is InChI=1S/C27H35N5O4.C2H4O.2C2H6.CH2O/c1-16-8-25-26-19(12-32(25)27(35)22(16)14-36-15-33)9-20-21(13-31(4)5)23(6-7-24(20)30-26)29-10-17(2)28-11-18(3)34;1-2-3;3*1-2/h6-9,15,17-18,28-29,34H,10-14H2,1-5H3;2H,1H3;2*1-2H3;1H2/t17?,18-;;;;/m1..../s1. The Labute approximate surface area is 268 Å². The second-order valence-electron chi connectivity index (χ2n) is 10.2. The van der Waals surface area contributed by atoms with Gasteiger partial charge in [0.05, 0.1) is 35.1 Å². The van der Waals surface area contributed by atoms with E-state index in [1.54, 1.807) is 11.5 Å². The van der Waals surface area contributed by atoms with E-state index in [9.17, 15) is 14.7 Å². The molecule has 1 unspecified atom stereocenters. The molecule has 2 aromatic heterocycles. The van der Waals surface area contributed by atoms with Crippen LogP contribution in [0, 0.1) is 6.92 Å². The van der Waals surface area contributed by atoms with Crippen LogP contribution in [0.2, 0.25) is 0 Å². The minimum atomic E-state index is -0.389. The molecule has 2 atom stereocenters. The molecule has 0 bridgehead atoms. The largest absolute Gasteiger partial charge is 0.463 e. The predicted octanol–water partition coefficient (Wildman–Crippen LogP) is 4.31. The Balaban J connectivity index is 0.00000196. The molecule has 3 aromatic rings. The molecule has 0 radical (unpaired) electrons. The number of carbonyl (C=O) groups excluding carboxylic acids is 3. The van der Waals surface area contributed by atoms with Gasteiger partial charge in [-0.1, -0.05) is 27.7 Å². The van der Waals surface area contributed by atoms with Crippen molar-refractivity contribution in [3.8, 4) is 11.4 Å². The van der Waals surface area contributed by atoms with Gasteiger partial charge in [-0.2, -0.15) is 0 Å². The smallest absolute Gasteiger partial charge is 0.293 e. The maximum atomic E-state index is 13.2. The van der Waals surface area contributed by atoms with Crippen molar-refractivity contribution in [1.29, 1.82) is 0 Å². The molecule has 11 heteroatoms. The lowest BCUT2D eigenvalue weighted by Crippen LogP contribution is -2.37. The van der Waals surface area contributed by atoms with Crippen molar-refractivity contribution in [2.45, 2.75) is 87.2 Å². The molecule has 0 fully saturated rings. The van der Waals surface area contributed by atoms with Crippen molar-refractivity contribution in [3.63, 3.8) is 0 Å². The number of nitrogens with one attached hydrogen (secondary N) is 2. The molecular weight excluding hydrogens is 574 g/mol. The number of anilines is 1. The Morgan fingerprint density at radius 2 is 1.71 bits per heavy atom. The molecule has 0 saturated carbocycles. The minimum Gasteiger partial charge on any atom is -0.463 e. The third-order valence-corrected chi connectivity index (χ3v) is 6.51. The van der Waals surface area contributed by atoms with Crippen LogP contribution < -0.4 is 16.2 Å². The molecule has 0 amide bonds. The third-order valence-electron chi connectivity index (χ3n) is 6.51. The summed E-state index contributed by atoms with van der Waals surface area (Å²) in [6.45, 7) is 19.9. The molecule has 3 heterocycles. The number of pyridine rings is 2. The molecule has 11 nitrogen and oxygen atoms in total. The van der Waals surface area contributed by atoms with Crippen LogP contribution in [-0.2, 0) is 38.8 Å². The molecule has 45 heavy (non-hydrogen) atoms. The van der Waals surface area contributed by atoms with Gasteiger partial charge in [-0.15, -0.1) is 0 Å². The molecule has 0 saturated heterocycles. The zero-order chi connectivity index (χ0) is 34.7. The molecule has 1 aliphatic rings. The number of hydrogen-bond acceptors (Lipinski definition) is 10. The number of aliphatic hydroxyl groups excluding tert-OH is 1. The lowest BCUT2D eigenvalue weighted by atomic mass is 10.0. The molecule has 0 aliphatic carbocycles. The third kappa shape index (κ3) is 11.5. The minimum absolute atomic E-state index is 0.0350. The summed E-state index contributed by atoms with van der Waals surface area (Å²) in [6, 6.07) is 8.37. The summed E-state index contributed by atoms with van der Waals surface area (Å²) < 4.78 is 6.59. The van der Waals surface area contributed by atoms with Crippen molar-refractivity contribution in [3.05, 3.63) is 56.9 Å². The number of hydrogen-bond donors (Lipinski definition) is 3. The second kappa shape index (κ2) is 21.7. The zero-order valence-corrected chi connectivity index (χ0v) is 28.7. The lowest BCUT2D eigenvalue weighted by molar-refractivity contribution is -0.129. The maximum Gasteiger partial charge on any atom is 0.293 e. The number of carbonyl (C=O) groups is 3. The number of ether oxygens (including phenoxy) is 1. The van der Waals surface area contributed by atoms with E-state index in [0.29, 0.717) is 31.7 Å². The first-order valence-corrected chi connectivity index (χ1v) is 15.3. The van der Waals surface area contributed by atoms with E-state index in [0.717, 1.165) is 57.5 Å². The van der Waals surface area contributed by atoms with E-state index in [1.807, 2.05) is 67.6 Å². The van der Waals surface area contributed by atoms with Crippen molar-refractivity contribution >= 4 is 36.1 Å². The molecule has 1 aromatic carbocycles. The van der Waals surface area contributed by atoms with Crippen molar-refractivity contribution in [1.82, 2.24) is 19.8 Å². The monoisotopic (exact) mass is 627 g/mol. The number of aliphatic hydroxyl groups is 1. The van der Waals surface area contributed by atoms with Crippen LogP contribution in [0.4, 0.5) is 5.69 Å². The van der Waals surface area contributed by atoms with Gasteiger partial charge < -0.3 is 39.5 Å². The number of aromatic nitrogens is 2. The normalized spacial score (nSPS) is 11.8. The van der Waals surface area contributed by atoms with Gasteiger partial charge in [0.25, 0.3) is 12.0 Å². The molecule has 250 valence electrons. The summed E-state index contributed by atoms with van der Waals surface area (Å²) in [5.74, 6) is 0. The summed E-state index contributed by atoms with van der Waals surface area (Å²) in [5.41, 5.74) is 6.80. The fraction of sp³-hybridized carbons (Fsp3) is 0.500.